The summed E-state index contributed by atoms with van der Waals surface area (Å²) in [4.78, 5) is 72.6. The number of unbranched alkanes of at least 4 members (excludes halogenated alkanes) is 38. The van der Waals surface area contributed by atoms with Gasteiger partial charge in [0.15, 0.2) is 12.2 Å². The summed E-state index contributed by atoms with van der Waals surface area (Å²) in [7, 11) is -9.90. The van der Waals surface area contributed by atoms with Gasteiger partial charge in [0.05, 0.1) is 26.4 Å². The Hall–Kier alpha value is -1.94. The van der Waals surface area contributed by atoms with Crippen LogP contribution in [0.3, 0.4) is 0 Å². The van der Waals surface area contributed by atoms with Crippen molar-refractivity contribution in [3.05, 3.63) is 0 Å². The number of ether oxygens (including phenoxy) is 4. The third-order valence-electron chi connectivity index (χ3n) is 16.6. The molecule has 0 aliphatic carbocycles. The van der Waals surface area contributed by atoms with E-state index in [9.17, 15) is 43.2 Å². The van der Waals surface area contributed by atoms with Crippen molar-refractivity contribution in [2.45, 2.75) is 381 Å². The number of rotatable bonds is 70. The lowest BCUT2D eigenvalue weighted by atomic mass is 10.0. The number of hydrogen-bond acceptors (Lipinski definition) is 15. The monoisotopic (exact) mass is 1340 g/mol. The highest BCUT2D eigenvalue weighted by atomic mass is 31.2. The molecule has 0 fully saturated rings. The van der Waals surface area contributed by atoms with E-state index in [1.165, 1.54) is 167 Å². The Morgan fingerprint density at radius 1 is 0.297 bits per heavy atom. The molecule has 0 saturated carbocycles. The fourth-order valence-corrected chi connectivity index (χ4v) is 12.5. The second-order valence-corrected chi connectivity index (χ2v) is 30.3. The van der Waals surface area contributed by atoms with Crippen molar-refractivity contribution in [1.82, 2.24) is 0 Å². The molecule has 0 rings (SSSR count). The third kappa shape index (κ3) is 66.5. The molecule has 0 radical (unpaired) electrons. The van der Waals surface area contributed by atoms with E-state index in [0.29, 0.717) is 31.6 Å². The molecule has 540 valence electrons. The van der Waals surface area contributed by atoms with Crippen molar-refractivity contribution < 1.29 is 80.2 Å². The lowest BCUT2D eigenvalue weighted by Gasteiger charge is -2.21. The normalized spacial score (nSPS) is 14.2. The van der Waals surface area contributed by atoms with Crippen molar-refractivity contribution >= 4 is 39.5 Å². The smallest absolute Gasteiger partial charge is 0.462 e. The van der Waals surface area contributed by atoms with Gasteiger partial charge in [0.25, 0.3) is 0 Å². The van der Waals surface area contributed by atoms with Gasteiger partial charge in [0.2, 0.25) is 0 Å². The largest absolute Gasteiger partial charge is 0.472 e. The van der Waals surface area contributed by atoms with Crippen LogP contribution in [-0.4, -0.2) is 96.7 Å². The van der Waals surface area contributed by atoms with Crippen LogP contribution in [0.4, 0.5) is 0 Å². The summed E-state index contributed by atoms with van der Waals surface area (Å²) >= 11 is 0. The maximum absolute atomic E-state index is 13.0. The molecular formula is C72H140O17P2. The molecule has 0 aromatic rings. The molecule has 0 saturated heterocycles. The minimum atomic E-state index is -4.95. The Kier molecular flexibility index (Phi) is 61.5. The van der Waals surface area contributed by atoms with Gasteiger partial charge in [-0.25, -0.2) is 9.13 Å². The first-order valence-electron chi connectivity index (χ1n) is 37.3. The molecule has 17 nitrogen and oxygen atoms in total. The molecular weight excluding hydrogens is 1200 g/mol. The number of aliphatic hydroxyl groups is 1. The zero-order chi connectivity index (χ0) is 67.3. The van der Waals surface area contributed by atoms with Crippen LogP contribution in [0.5, 0.6) is 0 Å². The van der Waals surface area contributed by atoms with Crippen LogP contribution in [-0.2, 0) is 65.4 Å². The van der Waals surface area contributed by atoms with E-state index in [4.69, 9.17) is 37.0 Å². The van der Waals surface area contributed by atoms with E-state index in [1.807, 2.05) is 0 Å². The van der Waals surface area contributed by atoms with E-state index < -0.39 is 97.5 Å². The number of hydrogen-bond donors (Lipinski definition) is 3. The highest BCUT2D eigenvalue weighted by Crippen LogP contribution is 2.45. The van der Waals surface area contributed by atoms with Gasteiger partial charge >= 0.3 is 39.5 Å². The molecule has 0 aromatic carbocycles. The van der Waals surface area contributed by atoms with Crippen molar-refractivity contribution in [3.8, 4) is 0 Å². The third-order valence-corrected chi connectivity index (χ3v) is 18.5. The predicted molar refractivity (Wildman–Crippen MR) is 368 cm³/mol. The lowest BCUT2D eigenvalue weighted by Crippen LogP contribution is -2.30. The highest BCUT2D eigenvalue weighted by Gasteiger charge is 2.30. The average molecular weight is 1340 g/mol. The van der Waals surface area contributed by atoms with E-state index in [0.717, 1.165) is 108 Å². The molecule has 0 heterocycles. The summed E-state index contributed by atoms with van der Waals surface area (Å²) in [6, 6.07) is 0. The van der Waals surface area contributed by atoms with Crippen LogP contribution >= 0.6 is 15.6 Å². The Morgan fingerprint density at radius 2 is 0.505 bits per heavy atom. The first kappa shape index (κ1) is 89.1. The molecule has 0 bridgehead atoms. The average Bonchev–Trinajstić information content (AvgIpc) is 3.37. The van der Waals surface area contributed by atoms with Crippen molar-refractivity contribution in [2.75, 3.05) is 39.6 Å². The van der Waals surface area contributed by atoms with Crippen LogP contribution in [0.1, 0.15) is 363 Å². The van der Waals surface area contributed by atoms with Crippen LogP contribution in [0.15, 0.2) is 0 Å². The van der Waals surface area contributed by atoms with Gasteiger partial charge < -0.3 is 33.8 Å². The number of aliphatic hydroxyl groups excluding tert-OH is 1. The van der Waals surface area contributed by atoms with E-state index >= 15 is 0 Å². The maximum atomic E-state index is 13.0. The molecule has 3 N–H and O–H groups in total. The van der Waals surface area contributed by atoms with Crippen LogP contribution in [0.2, 0.25) is 0 Å². The maximum Gasteiger partial charge on any atom is 0.472 e. The zero-order valence-corrected chi connectivity index (χ0v) is 61.1. The summed E-state index contributed by atoms with van der Waals surface area (Å²) < 4.78 is 68.3. The Labute approximate surface area is 556 Å². The second kappa shape index (κ2) is 62.8. The van der Waals surface area contributed by atoms with Gasteiger partial charge in [-0.3, -0.25) is 37.3 Å². The Morgan fingerprint density at radius 3 is 0.747 bits per heavy atom. The fourth-order valence-electron chi connectivity index (χ4n) is 10.9. The van der Waals surface area contributed by atoms with E-state index in [1.54, 1.807) is 0 Å². The minimum Gasteiger partial charge on any atom is -0.462 e. The molecule has 0 amide bonds. The predicted octanol–water partition coefficient (Wildman–Crippen LogP) is 20.6. The van der Waals surface area contributed by atoms with Crippen LogP contribution in [0.25, 0.3) is 0 Å². The summed E-state index contributed by atoms with van der Waals surface area (Å²) in [5.41, 5.74) is 0. The number of carbonyl (C=O) groups excluding carboxylic acids is 4. The molecule has 19 heteroatoms. The van der Waals surface area contributed by atoms with E-state index in [2.05, 4.69) is 48.5 Å². The first-order chi connectivity index (χ1) is 43.7. The van der Waals surface area contributed by atoms with Gasteiger partial charge in [-0.2, -0.15) is 0 Å². The van der Waals surface area contributed by atoms with Crippen LogP contribution < -0.4 is 0 Å². The summed E-state index contributed by atoms with van der Waals surface area (Å²) in [5, 5.41) is 10.6. The van der Waals surface area contributed by atoms with Crippen LogP contribution in [0, 0.1) is 17.8 Å². The molecule has 0 aromatic heterocycles. The lowest BCUT2D eigenvalue weighted by molar-refractivity contribution is -0.161. The second-order valence-electron chi connectivity index (χ2n) is 27.4. The molecule has 0 aliphatic rings. The highest BCUT2D eigenvalue weighted by molar-refractivity contribution is 7.47. The molecule has 5 atom stereocenters. The summed E-state index contributed by atoms with van der Waals surface area (Å²) in [6.45, 7) is 11.8. The van der Waals surface area contributed by atoms with Gasteiger partial charge in [-0.05, 0) is 43.4 Å². The zero-order valence-electron chi connectivity index (χ0n) is 59.3. The number of phosphoric ester groups is 2. The van der Waals surface area contributed by atoms with Crippen molar-refractivity contribution in [1.29, 1.82) is 0 Å². The van der Waals surface area contributed by atoms with Gasteiger partial charge in [-0.15, -0.1) is 0 Å². The number of carbonyl (C=O) groups is 4. The molecule has 0 spiro atoms. The fraction of sp³-hybridized carbons (Fsp3) is 0.944. The van der Waals surface area contributed by atoms with Gasteiger partial charge in [0.1, 0.15) is 19.3 Å². The van der Waals surface area contributed by atoms with Gasteiger partial charge in [0, 0.05) is 25.7 Å². The molecule has 0 aliphatic heterocycles. The topological polar surface area (TPSA) is 237 Å². The minimum absolute atomic E-state index is 0.105. The molecule has 2 unspecified atom stereocenters. The first-order valence-corrected chi connectivity index (χ1v) is 40.3. The number of esters is 4. The Balaban J connectivity index is 5.24. The Bertz CT molecular complexity index is 1780. The van der Waals surface area contributed by atoms with Crippen molar-refractivity contribution in [2.24, 2.45) is 17.8 Å². The molecule has 91 heavy (non-hydrogen) atoms. The van der Waals surface area contributed by atoms with E-state index in [-0.39, 0.29) is 25.7 Å². The standard InChI is InChI=1S/C72H140O17P2/c1-8-9-10-11-12-13-14-15-16-17-18-19-27-32-41-48-55-71(76)88-67(59-82-69(74)53-46-39-31-26-22-20-24-29-36-43-50-63(2)3)61-86-90(78,79)84-57-66(73)58-85-91(80,81)87-62-68(60-83-70(75)54-47-40-35-34-38-45-52-65(6)7)89-72(77)56-49-42-33-28-23-21-25-30-37-44-51-64(4)5/h63-68,73H,8-62H2,1-7H3,(H,78,79)(H,80,81)/t66-,67-,68-/m1/s1. The summed E-state index contributed by atoms with van der Waals surface area (Å²) in [5.74, 6) is 0.0653. The SMILES string of the molecule is CCCCCCCCCCCCCCCCCCC(=O)O[C@H](COC(=O)CCCCCCCCCCCCC(C)C)COP(=O)(O)OC[C@@H](O)COP(=O)(O)OC[C@@H](COC(=O)CCCCCCCCC(C)C)OC(=O)CCCCCCCCCCCCC(C)C. The van der Waals surface area contributed by atoms with Gasteiger partial charge in [-0.1, -0.05) is 312 Å². The number of phosphoric acid groups is 2. The quantitative estimate of drug-likeness (QED) is 0.0222. The summed E-state index contributed by atoms with van der Waals surface area (Å²) in [6.07, 6.45) is 47.3. The van der Waals surface area contributed by atoms with Crippen molar-refractivity contribution in [3.63, 3.8) is 0 Å².